The Morgan fingerprint density at radius 3 is 2.31 bits per heavy atom. The van der Waals surface area contributed by atoms with E-state index in [1.807, 2.05) is 23.1 Å². The molecule has 2 aromatic rings. The molecule has 0 bridgehead atoms. The summed E-state index contributed by atoms with van der Waals surface area (Å²) < 4.78 is 13.0. The third-order valence-corrected chi connectivity index (χ3v) is 6.47. The molecule has 7 heteroatoms. The fourth-order valence-electron chi connectivity index (χ4n) is 4.67. The van der Waals surface area contributed by atoms with Crippen LogP contribution in [-0.4, -0.2) is 65.9 Å². The normalized spacial score (nSPS) is 18.1. The maximum atomic E-state index is 13.0. The van der Waals surface area contributed by atoms with Crippen molar-refractivity contribution in [1.29, 1.82) is 5.26 Å². The number of carbonyl (C=O) groups excluding carboxylic acids is 1. The quantitative estimate of drug-likeness (QED) is 0.691. The second-order valence-corrected chi connectivity index (χ2v) is 8.54. The number of nitrogens with zero attached hydrogens (tertiary/aromatic N) is 4. The molecule has 2 heterocycles. The molecule has 0 aromatic heterocycles. The van der Waals surface area contributed by atoms with Crippen LogP contribution in [-0.2, 0) is 17.8 Å². The van der Waals surface area contributed by atoms with Crippen LogP contribution in [0.15, 0.2) is 48.5 Å². The van der Waals surface area contributed by atoms with Crippen molar-refractivity contribution in [3.8, 4) is 6.07 Å². The number of rotatable bonds is 5. The highest BCUT2D eigenvalue weighted by Crippen LogP contribution is 2.20. The van der Waals surface area contributed by atoms with Crippen molar-refractivity contribution >= 4 is 18.3 Å². The summed E-state index contributed by atoms with van der Waals surface area (Å²) >= 11 is 0. The van der Waals surface area contributed by atoms with E-state index in [0.717, 1.165) is 69.8 Å². The second-order valence-electron chi connectivity index (χ2n) is 8.54. The van der Waals surface area contributed by atoms with Crippen LogP contribution in [0.5, 0.6) is 0 Å². The molecule has 2 fully saturated rings. The molecule has 2 aliphatic heterocycles. The van der Waals surface area contributed by atoms with Crippen molar-refractivity contribution in [3.05, 3.63) is 71.0 Å². The molecule has 4 rings (SSSR count). The highest BCUT2D eigenvalue weighted by Gasteiger charge is 2.28. The van der Waals surface area contributed by atoms with E-state index >= 15 is 0 Å². The van der Waals surface area contributed by atoms with Gasteiger partial charge in [-0.25, -0.2) is 4.39 Å². The molecule has 0 atom stereocenters. The third kappa shape index (κ3) is 6.29. The summed E-state index contributed by atoms with van der Waals surface area (Å²) in [5.41, 5.74) is 2.78. The van der Waals surface area contributed by atoms with Gasteiger partial charge in [0.25, 0.3) is 0 Å². The summed E-state index contributed by atoms with van der Waals surface area (Å²) in [5.74, 6) is -0.146. The van der Waals surface area contributed by atoms with Gasteiger partial charge < -0.3 is 4.90 Å². The molecule has 0 saturated carbocycles. The first-order valence-electron chi connectivity index (χ1n) is 11.1. The molecule has 32 heavy (non-hydrogen) atoms. The average Bonchev–Trinajstić information content (AvgIpc) is 2.81. The van der Waals surface area contributed by atoms with Gasteiger partial charge in [-0.15, -0.1) is 12.4 Å². The maximum absolute atomic E-state index is 13.0. The third-order valence-electron chi connectivity index (χ3n) is 6.47. The summed E-state index contributed by atoms with van der Waals surface area (Å²) in [7, 11) is 0. The van der Waals surface area contributed by atoms with E-state index in [-0.39, 0.29) is 24.1 Å². The number of hydrogen-bond donors (Lipinski definition) is 0. The molecule has 1 amide bonds. The van der Waals surface area contributed by atoms with Crippen LogP contribution in [0.2, 0.25) is 0 Å². The van der Waals surface area contributed by atoms with Gasteiger partial charge in [0.1, 0.15) is 5.82 Å². The number of likely N-dealkylation sites (tertiary alicyclic amines) is 1. The van der Waals surface area contributed by atoms with Crippen molar-refractivity contribution in [1.82, 2.24) is 14.7 Å². The molecule has 0 radical (unpaired) electrons. The molecule has 0 aliphatic carbocycles. The number of carbonyl (C=O) groups is 1. The van der Waals surface area contributed by atoms with E-state index in [1.165, 1.54) is 17.7 Å². The summed E-state index contributed by atoms with van der Waals surface area (Å²) in [6, 6.07) is 16.9. The smallest absolute Gasteiger partial charge is 0.227 e. The van der Waals surface area contributed by atoms with Gasteiger partial charge in [-0.05, 0) is 61.3 Å². The Morgan fingerprint density at radius 1 is 0.969 bits per heavy atom. The van der Waals surface area contributed by atoms with Crippen molar-refractivity contribution in [2.45, 2.75) is 31.8 Å². The lowest BCUT2D eigenvalue weighted by molar-refractivity contribution is -0.132. The zero-order chi connectivity index (χ0) is 21.6. The van der Waals surface area contributed by atoms with Crippen molar-refractivity contribution in [3.63, 3.8) is 0 Å². The van der Waals surface area contributed by atoms with Crippen LogP contribution >= 0.6 is 12.4 Å². The Labute approximate surface area is 195 Å². The molecule has 0 spiro atoms. The number of piperazine rings is 1. The topological polar surface area (TPSA) is 50.6 Å². The van der Waals surface area contributed by atoms with Crippen LogP contribution < -0.4 is 0 Å². The number of hydrogen-bond acceptors (Lipinski definition) is 4. The monoisotopic (exact) mass is 456 g/mol. The molecule has 5 nitrogen and oxygen atoms in total. The fourth-order valence-corrected chi connectivity index (χ4v) is 4.67. The largest absolute Gasteiger partial charge is 0.340 e. The zero-order valence-electron chi connectivity index (χ0n) is 18.3. The number of nitriles is 1. The number of benzene rings is 2. The van der Waals surface area contributed by atoms with E-state index in [1.54, 1.807) is 12.1 Å². The van der Waals surface area contributed by atoms with Crippen molar-refractivity contribution in [2.75, 3.05) is 39.3 Å². The van der Waals surface area contributed by atoms with E-state index in [4.69, 9.17) is 5.26 Å². The van der Waals surface area contributed by atoms with Gasteiger partial charge in [-0.1, -0.05) is 24.3 Å². The van der Waals surface area contributed by atoms with Crippen LogP contribution in [0.3, 0.4) is 0 Å². The lowest BCUT2D eigenvalue weighted by Gasteiger charge is -2.42. The zero-order valence-corrected chi connectivity index (χ0v) is 19.1. The molecular weight excluding hydrogens is 427 g/mol. The molecule has 2 aliphatic rings. The molecule has 170 valence electrons. The highest BCUT2D eigenvalue weighted by molar-refractivity contribution is 5.85. The van der Waals surface area contributed by atoms with Gasteiger partial charge >= 0.3 is 0 Å². The standard InChI is InChI=1S/C25H29FN4O.ClH/c26-23-6-4-20(5-7-23)17-25(31)30-14-12-29(13-15-30)24-8-10-28(11-9-24)19-22-3-1-2-21(16-22)18-27;/h1-7,16,24H,8-15,17,19H2;1H. The Kier molecular flexibility index (Phi) is 8.63. The minimum atomic E-state index is -0.272. The maximum Gasteiger partial charge on any atom is 0.227 e. The number of piperidine rings is 1. The Morgan fingerprint density at radius 2 is 1.66 bits per heavy atom. The molecule has 2 saturated heterocycles. The van der Waals surface area contributed by atoms with Crippen LogP contribution in [0.25, 0.3) is 0 Å². The van der Waals surface area contributed by atoms with Crippen molar-refractivity contribution < 1.29 is 9.18 Å². The fraction of sp³-hybridized carbons (Fsp3) is 0.440. The predicted molar refractivity (Wildman–Crippen MR) is 125 cm³/mol. The number of amides is 1. The Hall–Kier alpha value is -2.46. The van der Waals surface area contributed by atoms with E-state index < -0.39 is 0 Å². The van der Waals surface area contributed by atoms with Gasteiger partial charge in [-0.2, -0.15) is 5.26 Å². The van der Waals surface area contributed by atoms with Crippen LogP contribution in [0.4, 0.5) is 4.39 Å². The van der Waals surface area contributed by atoms with Gasteiger partial charge in [0.2, 0.25) is 5.91 Å². The first-order chi connectivity index (χ1) is 15.1. The van der Waals surface area contributed by atoms with E-state index in [0.29, 0.717) is 12.5 Å². The van der Waals surface area contributed by atoms with Gasteiger partial charge in [0.15, 0.2) is 0 Å². The molecule has 0 unspecified atom stereocenters. The summed E-state index contributed by atoms with van der Waals surface area (Å²) in [5, 5.41) is 9.08. The minimum absolute atomic E-state index is 0. The van der Waals surface area contributed by atoms with Crippen molar-refractivity contribution in [2.24, 2.45) is 0 Å². The summed E-state index contributed by atoms with van der Waals surface area (Å²) in [6.07, 6.45) is 2.62. The average molecular weight is 457 g/mol. The summed E-state index contributed by atoms with van der Waals surface area (Å²) in [4.78, 5) is 19.5. The molecule has 2 aromatic carbocycles. The molecular formula is C25H30ClFN4O. The first kappa shape index (κ1) is 24.2. The predicted octanol–water partition coefficient (Wildman–Crippen LogP) is 3.47. The van der Waals surface area contributed by atoms with Crippen LogP contribution in [0.1, 0.15) is 29.5 Å². The minimum Gasteiger partial charge on any atom is -0.340 e. The van der Waals surface area contributed by atoms with Crippen LogP contribution in [0, 0.1) is 17.1 Å². The summed E-state index contributed by atoms with van der Waals surface area (Å²) in [6.45, 7) is 6.39. The Bertz CT molecular complexity index is 930. The Balaban J connectivity index is 0.00000289. The van der Waals surface area contributed by atoms with Gasteiger partial charge in [0.05, 0.1) is 18.1 Å². The van der Waals surface area contributed by atoms with E-state index in [9.17, 15) is 9.18 Å². The second kappa shape index (κ2) is 11.4. The van der Waals surface area contributed by atoms with E-state index in [2.05, 4.69) is 21.9 Å². The number of halogens is 2. The van der Waals surface area contributed by atoms with Gasteiger partial charge in [-0.3, -0.25) is 14.6 Å². The first-order valence-corrected chi connectivity index (χ1v) is 11.1. The highest BCUT2D eigenvalue weighted by atomic mass is 35.5. The van der Waals surface area contributed by atoms with Gasteiger partial charge in [0, 0.05) is 38.8 Å². The lowest BCUT2D eigenvalue weighted by Crippen LogP contribution is -2.54. The SMILES string of the molecule is Cl.N#Cc1cccc(CN2CCC(N3CCN(C(=O)Cc4ccc(F)cc4)CC3)CC2)c1. The lowest BCUT2D eigenvalue weighted by atomic mass is 10.0. The molecule has 0 N–H and O–H groups in total.